The number of hydrogen-bond acceptors (Lipinski definition) is 4. The van der Waals surface area contributed by atoms with Gasteiger partial charge in [-0.25, -0.2) is 4.68 Å². The number of para-hydroxylation sites is 1. The highest BCUT2D eigenvalue weighted by molar-refractivity contribution is 7.14. The first kappa shape index (κ1) is 21.9. The van der Waals surface area contributed by atoms with Crippen molar-refractivity contribution < 1.29 is 9.59 Å². The number of carbonyl (C=O) groups is 2. The predicted molar refractivity (Wildman–Crippen MR) is 134 cm³/mol. The Morgan fingerprint density at radius 1 is 0.941 bits per heavy atom. The zero-order chi connectivity index (χ0) is 23.8. The molecule has 0 unspecified atom stereocenters. The summed E-state index contributed by atoms with van der Waals surface area (Å²) < 4.78 is 3.22. The van der Waals surface area contributed by atoms with Gasteiger partial charge in [-0.2, -0.15) is 0 Å². The molecule has 34 heavy (non-hydrogen) atoms. The highest BCUT2D eigenvalue weighted by atomic mass is 32.1. The van der Waals surface area contributed by atoms with E-state index in [1.807, 2.05) is 36.4 Å². The Hall–Kier alpha value is -3.91. The van der Waals surface area contributed by atoms with E-state index in [2.05, 4.69) is 10.6 Å². The Balaban J connectivity index is 1.35. The summed E-state index contributed by atoms with van der Waals surface area (Å²) in [6, 6.07) is 17.9. The van der Waals surface area contributed by atoms with Crippen LogP contribution in [-0.2, 0) is 19.9 Å². The molecule has 2 amide bonds. The number of hydrogen-bond donors (Lipinski definition) is 2. The van der Waals surface area contributed by atoms with Gasteiger partial charge in [-0.15, -0.1) is 11.3 Å². The van der Waals surface area contributed by atoms with Crippen LogP contribution >= 0.6 is 11.3 Å². The van der Waals surface area contributed by atoms with Crippen LogP contribution in [0.1, 0.15) is 42.6 Å². The van der Waals surface area contributed by atoms with Crippen molar-refractivity contribution in [2.45, 2.75) is 26.2 Å². The van der Waals surface area contributed by atoms with Crippen LogP contribution in [0.15, 0.2) is 65.5 Å². The third kappa shape index (κ3) is 3.97. The zero-order valence-electron chi connectivity index (χ0n) is 18.9. The quantitative estimate of drug-likeness (QED) is 0.447. The van der Waals surface area contributed by atoms with Crippen LogP contribution in [0.3, 0.4) is 0 Å². The van der Waals surface area contributed by atoms with E-state index in [0.717, 1.165) is 19.3 Å². The Morgan fingerprint density at radius 3 is 2.50 bits per heavy atom. The van der Waals surface area contributed by atoms with Crippen LogP contribution in [0.5, 0.6) is 0 Å². The van der Waals surface area contributed by atoms with Crippen molar-refractivity contribution in [1.82, 2.24) is 9.36 Å². The molecule has 1 aliphatic carbocycles. The van der Waals surface area contributed by atoms with Crippen molar-refractivity contribution in [1.29, 1.82) is 0 Å². The minimum absolute atomic E-state index is 0.179. The normalized spacial score (nSPS) is 12.4. The lowest BCUT2D eigenvalue weighted by atomic mass is 10.1. The fraction of sp³-hybridized carbons (Fsp3) is 0.192. The van der Waals surface area contributed by atoms with E-state index >= 15 is 0 Å². The molecule has 0 saturated heterocycles. The molecule has 2 N–H and O–H groups in total. The molecule has 0 saturated carbocycles. The first-order chi connectivity index (χ1) is 16.4. The molecular formula is C26H24N4O3S. The summed E-state index contributed by atoms with van der Waals surface area (Å²) in [5.74, 6) is -0.598. The molecule has 5 rings (SSSR count). The summed E-state index contributed by atoms with van der Waals surface area (Å²) in [7, 11) is 1.77. The topological polar surface area (TPSA) is 85.1 Å². The highest BCUT2D eigenvalue weighted by Gasteiger charge is 2.20. The molecular weight excluding hydrogens is 448 g/mol. The summed E-state index contributed by atoms with van der Waals surface area (Å²) in [5, 5.41) is 5.65. The molecule has 0 radical (unpaired) electrons. The van der Waals surface area contributed by atoms with Gasteiger partial charge < -0.3 is 10.6 Å². The molecule has 7 nitrogen and oxygen atoms in total. The second kappa shape index (κ2) is 8.79. The maximum absolute atomic E-state index is 13.1. The standard InChI is InChI=1S/C26H24N4O3S/c1-16-23(26(33)30(29(16)2)20-11-4-3-5-12-20)28-24(31)18-9-6-10-19(14-18)27-25(32)22-15-17-8-7-13-21(17)34-22/h3-6,9-12,14-15H,7-8,13H2,1-2H3,(H,27,32)(H,28,31). The van der Waals surface area contributed by atoms with E-state index in [4.69, 9.17) is 0 Å². The SMILES string of the molecule is Cc1c(NC(=O)c2cccc(NC(=O)c3cc4c(s3)CCC4)c2)c(=O)n(-c2ccccc2)n1C. The van der Waals surface area contributed by atoms with Gasteiger partial charge in [0.25, 0.3) is 17.4 Å². The van der Waals surface area contributed by atoms with Crippen molar-refractivity contribution in [2.24, 2.45) is 7.05 Å². The summed E-state index contributed by atoms with van der Waals surface area (Å²) >= 11 is 1.54. The molecule has 2 aromatic heterocycles. The van der Waals surface area contributed by atoms with Gasteiger partial charge in [-0.1, -0.05) is 24.3 Å². The van der Waals surface area contributed by atoms with Gasteiger partial charge >= 0.3 is 0 Å². The number of benzene rings is 2. The van der Waals surface area contributed by atoms with Crippen molar-refractivity contribution in [3.05, 3.63) is 97.6 Å². The Bertz CT molecular complexity index is 1440. The second-order valence-corrected chi connectivity index (χ2v) is 9.47. The van der Waals surface area contributed by atoms with Gasteiger partial charge in [-0.3, -0.25) is 19.1 Å². The molecule has 0 aliphatic heterocycles. The van der Waals surface area contributed by atoms with Crippen molar-refractivity contribution in [3.63, 3.8) is 0 Å². The summed E-state index contributed by atoms with van der Waals surface area (Å²) in [6.07, 6.45) is 3.21. The number of fused-ring (bicyclic) bond motifs is 1. The zero-order valence-corrected chi connectivity index (χ0v) is 19.7. The van der Waals surface area contributed by atoms with Gasteiger partial charge in [-0.05, 0) is 68.1 Å². The first-order valence-corrected chi connectivity index (χ1v) is 11.9. The van der Waals surface area contributed by atoms with Gasteiger partial charge in [0.1, 0.15) is 5.69 Å². The van der Waals surface area contributed by atoms with E-state index in [-0.39, 0.29) is 17.2 Å². The maximum atomic E-state index is 13.1. The molecule has 2 aromatic carbocycles. The number of nitrogens with one attached hydrogen (secondary N) is 2. The fourth-order valence-electron chi connectivity index (χ4n) is 4.27. The average Bonchev–Trinajstić information content (AvgIpc) is 3.50. The summed E-state index contributed by atoms with van der Waals surface area (Å²) in [6.45, 7) is 1.78. The van der Waals surface area contributed by atoms with E-state index in [0.29, 0.717) is 27.5 Å². The average molecular weight is 473 g/mol. The lowest BCUT2D eigenvalue weighted by Gasteiger charge is -2.08. The smallest absolute Gasteiger partial charge is 0.295 e. The van der Waals surface area contributed by atoms with E-state index in [9.17, 15) is 14.4 Å². The number of thiophene rings is 1. The molecule has 8 heteroatoms. The fourth-order valence-corrected chi connectivity index (χ4v) is 5.42. The van der Waals surface area contributed by atoms with Crippen LogP contribution in [0.25, 0.3) is 5.69 Å². The van der Waals surface area contributed by atoms with Gasteiger partial charge in [0.15, 0.2) is 0 Å². The van der Waals surface area contributed by atoms with Gasteiger partial charge in [0, 0.05) is 23.2 Å². The molecule has 172 valence electrons. The number of aromatic nitrogens is 2. The van der Waals surface area contributed by atoms with E-state index in [1.54, 1.807) is 42.9 Å². The van der Waals surface area contributed by atoms with Gasteiger partial charge in [0.05, 0.1) is 16.3 Å². The number of nitrogens with zero attached hydrogens (tertiary/aromatic N) is 2. The second-order valence-electron chi connectivity index (χ2n) is 8.34. The number of amides is 2. The largest absolute Gasteiger partial charge is 0.321 e. The number of aryl methyl sites for hydroxylation is 2. The van der Waals surface area contributed by atoms with Crippen molar-refractivity contribution >= 4 is 34.5 Å². The van der Waals surface area contributed by atoms with E-state index < -0.39 is 5.91 Å². The first-order valence-electron chi connectivity index (χ1n) is 11.1. The van der Waals surface area contributed by atoms with E-state index in [1.165, 1.54) is 26.5 Å². The molecule has 4 aromatic rings. The van der Waals surface area contributed by atoms with Crippen LogP contribution in [0.4, 0.5) is 11.4 Å². The third-order valence-corrected chi connectivity index (χ3v) is 7.38. The Labute approximate surface area is 200 Å². The third-order valence-electron chi connectivity index (χ3n) is 6.15. The van der Waals surface area contributed by atoms with Crippen LogP contribution in [0, 0.1) is 6.92 Å². The Kier molecular flexibility index (Phi) is 5.67. The van der Waals surface area contributed by atoms with Crippen molar-refractivity contribution in [2.75, 3.05) is 10.6 Å². The molecule has 0 fully saturated rings. The van der Waals surface area contributed by atoms with Crippen molar-refractivity contribution in [3.8, 4) is 5.69 Å². The molecule has 0 atom stereocenters. The molecule has 1 aliphatic rings. The van der Waals surface area contributed by atoms with Crippen LogP contribution < -0.4 is 16.2 Å². The highest BCUT2D eigenvalue weighted by Crippen LogP contribution is 2.31. The number of carbonyl (C=O) groups excluding carboxylic acids is 2. The molecule has 0 bridgehead atoms. The minimum Gasteiger partial charge on any atom is -0.321 e. The maximum Gasteiger partial charge on any atom is 0.295 e. The summed E-state index contributed by atoms with van der Waals surface area (Å²) in [4.78, 5) is 40.8. The lowest BCUT2D eigenvalue weighted by molar-refractivity contribution is 0.101. The minimum atomic E-state index is -0.419. The number of rotatable bonds is 5. The van der Waals surface area contributed by atoms with Crippen LogP contribution in [0.2, 0.25) is 0 Å². The summed E-state index contributed by atoms with van der Waals surface area (Å²) in [5.41, 5.74) is 3.40. The molecule has 2 heterocycles. The number of anilines is 2. The lowest BCUT2D eigenvalue weighted by Crippen LogP contribution is -2.23. The predicted octanol–water partition coefficient (Wildman–Crippen LogP) is 4.54. The Morgan fingerprint density at radius 2 is 1.74 bits per heavy atom. The van der Waals surface area contributed by atoms with Gasteiger partial charge in [0.2, 0.25) is 0 Å². The van der Waals surface area contributed by atoms with Crippen LogP contribution in [-0.4, -0.2) is 21.2 Å². The molecule has 0 spiro atoms. The monoisotopic (exact) mass is 472 g/mol.